The topological polar surface area (TPSA) is 372 Å². The molecule has 0 bridgehead atoms. The predicted molar refractivity (Wildman–Crippen MR) is 63.8 cm³/mol. The summed E-state index contributed by atoms with van der Waals surface area (Å²) < 4.78 is 0. The summed E-state index contributed by atoms with van der Waals surface area (Å²) in [6.45, 7) is 0. The first-order chi connectivity index (χ1) is 7.07. The Kier molecular flexibility index (Phi) is 1850. The van der Waals surface area contributed by atoms with Gasteiger partial charge in [0.25, 0.3) is 0 Å². The van der Waals surface area contributed by atoms with Crippen LogP contribution >= 0.6 is 0 Å². The minimum Gasteiger partial charge on any atom is -0.444 e. The molecule has 19 heteroatoms. The minimum absolute atomic E-state index is 0. The summed E-state index contributed by atoms with van der Waals surface area (Å²) in [4.78, 5) is 40.0. The molecule has 0 spiro atoms. The smallest absolute Gasteiger partial charge is 0.444 e. The minimum atomic E-state index is 0. The molecule has 0 radical (unpaired) electrons. The van der Waals surface area contributed by atoms with E-state index in [1.807, 2.05) is 0 Å². The van der Waals surface area contributed by atoms with Gasteiger partial charge in [0, 0.05) is 0 Å². The molecular weight excluding hydrogens is 467 g/mol. The Balaban J connectivity index is -0.00000000893. The molecule has 12 N–H and O–H groups in total. The fourth-order valence-electron chi connectivity index (χ4n) is 0. The van der Waals surface area contributed by atoms with Gasteiger partial charge in [-0.2, -0.15) is 0 Å². The van der Waals surface area contributed by atoms with Gasteiger partial charge in [-0.25, -0.2) is 0 Å². The third kappa shape index (κ3) is 485. The van der Waals surface area contributed by atoms with Gasteiger partial charge in [0.1, 0.15) is 0 Å². The van der Waals surface area contributed by atoms with Crippen molar-refractivity contribution in [3.63, 3.8) is 0 Å². The molecule has 0 aromatic rings. The van der Waals surface area contributed by atoms with Gasteiger partial charge in [-0.05, 0) is 0 Å². The van der Waals surface area contributed by atoms with Crippen LogP contribution in [-0.4, -0.2) is 0 Å². The van der Waals surface area contributed by atoms with Crippen molar-refractivity contribution in [3.8, 4) is 0 Å². The van der Waals surface area contributed by atoms with Crippen molar-refractivity contribution < 1.29 is 21.1 Å². The van der Waals surface area contributed by atoms with E-state index in [0.717, 1.165) is 26.7 Å². The molecule has 0 aromatic heterocycles. The third-order valence-corrected chi connectivity index (χ3v) is 0. The molecule has 0 aliphatic carbocycles. The first-order valence-corrected chi connectivity index (χ1v) is 1.83. The maximum atomic E-state index is 8.00. The fourth-order valence-corrected chi connectivity index (χ4v) is 0. The quantitative estimate of drug-likeness (QED) is 0.336. The molecule has 122 valence electrons. The molecule has 0 aliphatic rings. The Morgan fingerprint density at radius 3 is 0.421 bits per heavy atom. The molecule has 18 nitrogen and oxygen atoms in total. The molecule has 0 unspecified atom stereocenters. The van der Waals surface area contributed by atoms with Crippen LogP contribution in [0.1, 0.15) is 0 Å². The Morgan fingerprint density at radius 1 is 0.421 bits per heavy atom. The standard InChI is InChI=1S/5HNO2.3H3N.Pt/c5*2-1-3;;;;/h5*(H,2,3);3*1H3;/q;;;;;;;;+2/p-2. The summed E-state index contributed by atoms with van der Waals surface area (Å²) in [6.07, 6.45) is 0. The van der Waals surface area contributed by atoms with Crippen molar-refractivity contribution in [2.24, 2.45) is 26.7 Å². The summed E-state index contributed by atoms with van der Waals surface area (Å²) in [7, 11) is 0. The van der Waals surface area contributed by atoms with Crippen molar-refractivity contribution >= 4 is 0 Å². The summed E-state index contributed by atoms with van der Waals surface area (Å²) >= 11 is 0. The SMILES string of the molecule is O=N[O-].O=N[O-].O=N[O-].O=N[O-].O=N[O-].[NH4+].[NH4+].[NH4+].[Pt+2]. The average Bonchev–Trinajstić information content (AvgIpc) is 2.09. The van der Waals surface area contributed by atoms with Gasteiger partial charge in [-0.1, -0.05) is 0 Å². The summed E-state index contributed by atoms with van der Waals surface area (Å²) in [5, 5.41) is 45.0. The normalized spacial score (nSPS) is 3.16. The van der Waals surface area contributed by atoms with Gasteiger partial charge < -0.3 is 69.0 Å². The molecule has 0 amide bonds. The van der Waals surface area contributed by atoms with Crippen LogP contribution in [0.3, 0.4) is 0 Å². The molecule has 0 heterocycles. The number of nitrogens with zero attached hydrogens (tertiary/aromatic N) is 5. The second-order valence-corrected chi connectivity index (χ2v) is 0.373. The fraction of sp³-hybridized carbons (Fsp3) is 0. The first kappa shape index (κ1) is 70.1. The molecule has 0 aliphatic heterocycles. The van der Waals surface area contributed by atoms with Gasteiger partial charge in [0.15, 0.2) is 0 Å². The van der Waals surface area contributed by atoms with Crippen LogP contribution in [0.2, 0.25) is 0 Å². The monoisotopic (exact) mass is 479 g/mol. The van der Waals surface area contributed by atoms with Gasteiger partial charge in [0.05, 0.1) is 0 Å². The van der Waals surface area contributed by atoms with Gasteiger partial charge >= 0.3 is 21.1 Å². The maximum absolute atomic E-state index is 8.00. The number of hydrogen-bond donors (Lipinski definition) is 3. The molecular formula is H12N8O10Pt. The van der Waals surface area contributed by atoms with E-state index < -0.39 is 0 Å². The van der Waals surface area contributed by atoms with Crippen LogP contribution in [-0.2, 0) is 21.1 Å². The zero-order chi connectivity index (χ0) is 13.5. The Hall–Kier alpha value is -2.43. The van der Waals surface area contributed by atoms with Crippen molar-refractivity contribution in [2.45, 2.75) is 0 Å². The summed E-state index contributed by atoms with van der Waals surface area (Å²) in [5.74, 6) is 0. The van der Waals surface area contributed by atoms with E-state index in [9.17, 15) is 0 Å². The van der Waals surface area contributed by atoms with Crippen LogP contribution in [0, 0.1) is 50.6 Å². The predicted octanol–water partition coefficient (Wildman–Crippen LogP) is 2.38. The number of quaternary nitrogens is 3. The molecule has 0 atom stereocenters. The van der Waals surface area contributed by atoms with E-state index in [2.05, 4.69) is 0 Å². The van der Waals surface area contributed by atoms with E-state index in [1.54, 1.807) is 0 Å². The third-order valence-electron chi connectivity index (χ3n) is 0. The Bertz CT molecular complexity index is 95.9. The number of hydrogen-bond acceptors (Lipinski definition) is 15. The number of rotatable bonds is 0. The van der Waals surface area contributed by atoms with E-state index >= 15 is 0 Å². The van der Waals surface area contributed by atoms with Crippen LogP contribution in [0.25, 0.3) is 0 Å². The van der Waals surface area contributed by atoms with Crippen LogP contribution in [0.4, 0.5) is 0 Å². The van der Waals surface area contributed by atoms with Gasteiger partial charge in [0.2, 0.25) is 0 Å². The van der Waals surface area contributed by atoms with Crippen molar-refractivity contribution in [3.05, 3.63) is 50.6 Å². The average molecular weight is 479 g/mol. The summed E-state index contributed by atoms with van der Waals surface area (Å²) in [6, 6.07) is 0. The second kappa shape index (κ2) is 501. The Morgan fingerprint density at radius 2 is 0.421 bits per heavy atom. The van der Waals surface area contributed by atoms with E-state index in [1.165, 1.54) is 0 Å². The van der Waals surface area contributed by atoms with Crippen molar-refractivity contribution in [1.82, 2.24) is 18.5 Å². The van der Waals surface area contributed by atoms with Gasteiger partial charge in [-0.15, -0.1) is 26.7 Å². The van der Waals surface area contributed by atoms with Gasteiger partial charge in [-0.3, -0.25) is 0 Å². The van der Waals surface area contributed by atoms with E-state index in [0.29, 0.717) is 0 Å². The van der Waals surface area contributed by atoms with E-state index in [4.69, 9.17) is 50.6 Å². The van der Waals surface area contributed by atoms with Crippen LogP contribution in [0.5, 0.6) is 0 Å². The molecule has 0 saturated carbocycles. The first-order valence-electron chi connectivity index (χ1n) is 1.83. The van der Waals surface area contributed by atoms with Crippen molar-refractivity contribution in [1.29, 1.82) is 0 Å². The Labute approximate surface area is 117 Å². The largest absolute Gasteiger partial charge is 2.00 e. The zero-order valence-electron chi connectivity index (χ0n) is 9.63. The zero-order valence-corrected chi connectivity index (χ0v) is 11.9. The van der Waals surface area contributed by atoms with Crippen LogP contribution in [0.15, 0.2) is 26.7 Å². The summed E-state index contributed by atoms with van der Waals surface area (Å²) in [5.41, 5.74) is 0. The molecule has 0 saturated heterocycles. The molecule has 19 heavy (non-hydrogen) atoms. The van der Waals surface area contributed by atoms with E-state index in [-0.39, 0.29) is 39.5 Å². The second-order valence-electron chi connectivity index (χ2n) is 0.373. The van der Waals surface area contributed by atoms with Crippen molar-refractivity contribution in [2.75, 3.05) is 0 Å². The molecule has 0 fully saturated rings. The molecule has 0 aromatic carbocycles. The van der Waals surface area contributed by atoms with Crippen LogP contribution < -0.4 is 18.5 Å². The maximum Gasteiger partial charge on any atom is 2.00 e. The molecule has 0 rings (SSSR count).